The standard InChI is InChI=1S/C34H42N6O2/c1-37(29-15-19-33(41-3)20-16-29)35-27-31-13-7-11-25-39(31)23-9-5-6-10-24-40-26-12-8-14-32(40)28-36-38(2)30-17-21-34(42-4)22-18-30/h7-8,11-22,25-28H,5-6,9-10,23-24H2,1-4H3/q+2. The Morgan fingerprint density at radius 1 is 0.571 bits per heavy atom. The van der Waals surface area contributed by atoms with Crippen LogP contribution >= 0.6 is 0 Å². The van der Waals surface area contributed by atoms with E-state index in [1.807, 2.05) is 85.1 Å². The van der Waals surface area contributed by atoms with Crippen molar-refractivity contribution in [1.29, 1.82) is 0 Å². The fourth-order valence-corrected chi connectivity index (χ4v) is 4.56. The minimum absolute atomic E-state index is 0.835. The van der Waals surface area contributed by atoms with Crippen molar-refractivity contribution >= 4 is 23.8 Å². The summed E-state index contributed by atoms with van der Waals surface area (Å²) in [5.74, 6) is 1.67. The van der Waals surface area contributed by atoms with E-state index in [2.05, 4.69) is 68.1 Å². The first-order valence-electron chi connectivity index (χ1n) is 14.4. The SMILES string of the molecule is COc1ccc(N(C)/N=C/c2cccc[n+]2CCCCCC[n+]2ccccc2/C=N/N(C)c2ccc(OC)cc2)cc1. The molecule has 0 aliphatic rings. The predicted octanol–water partition coefficient (Wildman–Crippen LogP) is 5.48. The number of aryl methyl sites for hydroxylation is 2. The third-order valence-electron chi connectivity index (χ3n) is 7.12. The molecular weight excluding hydrogens is 524 g/mol. The van der Waals surface area contributed by atoms with Gasteiger partial charge in [0.15, 0.2) is 12.4 Å². The number of rotatable bonds is 15. The summed E-state index contributed by atoms with van der Waals surface area (Å²) in [4.78, 5) is 0. The Bertz CT molecular complexity index is 1330. The van der Waals surface area contributed by atoms with Crippen LogP contribution in [-0.4, -0.2) is 40.7 Å². The van der Waals surface area contributed by atoms with Crippen molar-refractivity contribution < 1.29 is 18.6 Å². The Morgan fingerprint density at radius 2 is 0.976 bits per heavy atom. The minimum atomic E-state index is 0.835. The predicted molar refractivity (Wildman–Crippen MR) is 170 cm³/mol. The zero-order valence-electron chi connectivity index (χ0n) is 25.1. The van der Waals surface area contributed by atoms with Crippen LogP contribution in [0, 0.1) is 0 Å². The van der Waals surface area contributed by atoms with Crippen molar-refractivity contribution in [3.8, 4) is 11.5 Å². The van der Waals surface area contributed by atoms with Gasteiger partial charge in [-0.15, -0.1) is 0 Å². The summed E-state index contributed by atoms with van der Waals surface area (Å²) in [7, 11) is 7.25. The number of nitrogens with zero attached hydrogens (tertiary/aromatic N) is 6. The van der Waals surface area contributed by atoms with Crippen LogP contribution in [0.3, 0.4) is 0 Å². The molecule has 0 bridgehead atoms. The summed E-state index contributed by atoms with van der Waals surface area (Å²) in [5.41, 5.74) is 4.18. The van der Waals surface area contributed by atoms with Gasteiger partial charge in [-0.1, -0.05) is 0 Å². The van der Waals surface area contributed by atoms with Crippen LogP contribution in [0.5, 0.6) is 11.5 Å². The molecule has 8 nitrogen and oxygen atoms in total. The highest BCUT2D eigenvalue weighted by atomic mass is 16.5. The van der Waals surface area contributed by atoms with Gasteiger partial charge in [-0.25, -0.2) is 0 Å². The lowest BCUT2D eigenvalue weighted by atomic mass is 10.2. The van der Waals surface area contributed by atoms with E-state index in [0.717, 1.165) is 60.2 Å². The maximum Gasteiger partial charge on any atom is 0.225 e. The maximum atomic E-state index is 5.25. The number of methoxy groups -OCH3 is 2. The number of hydrogen-bond acceptors (Lipinski definition) is 6. The number of anilines is 2. The Morgan fingerprint density at radius 3 is 1.36 bits per heavy atom. The number of benzene rings is 2. The van der Waals surface area contributed by atoms with E-state index in [-0.39, 0.29) is 0 Å². The quantitative estimate of drug-likeness (QED) is 0.0828. The lowest BCUT2D eigenvalue weighted by molar-refractivity contribution is -0.699. The van der Waals surface area contributed by atoms with Crippen LogP contribution in [0.15, 0.2) is 108 Å². The molecule has 0 aliphatic carbocycles. The second-order valence-corrected chi connectivity index (χ2v) is 9.98. The van der Waals surface area contributed by atoms with Crippen LogP contribution < -0.4 is 28.6 Å². The number of ether oxygens (including phenoxy) is 2. The molecule has 0 saturated carbocycles. The van der Waals surface area contributed by atoms with Crippen LogP contribution in [0.2, 0.25) is 0 Å². The minimum Gasteiger partial charge on any atom is -0.497 e. The largest absolute Gasteiger partial charge is 0.497 e. The summed E-state index contributed by atoms with van der Waals surface area (Å²) in [6.45, 7) is 1.92. The number of hydrogen-bond donors (Lipinski definition) is 0. The zero-order chi connectivity index (χ0) is 29.6. The molecule has 4 rings (SSSR count). The molecule has 0 saturated heterocycles. The molecule has 4 aromatic rings. The molecule has 2 aromatic carbocycles. The lowest BCUT2D eigenvalue weighted by Crippen LogP contribution is -2.38. The third-order valence-corrected chi connectivity index (χ3v) is 7.12. The van der Waals surface area contributed by atoms with Gasteiger partial charge in [0.1, 0.15) is 37.0 Å². The van der Waals surface area contributed by atoms with Crippen LogP contribution in [-0.2, 0) is 13.1 Å². The van der Waals surface area contributed by atoms with Crippen molar-refractivity contribution in [2.75, 3.05) is 38.3 Å². The molecule has 0 unspecified atom stereocenters. The number of hydrazone groups is 2. The molecule has 218 valence electrons. The highest BCUT2D eigenvalue weighted by molar-refractivity contribution is 5.76. The van der Waals surface area contributed by atoms with Crippen molar-refractivity contribution in [2.24, 2.45) is 10.2 Å². The second kappa shape index (κ2) is 15.9. The highest BCUT2D eigenvalue weighted by Gasteiger charge is 2.10. The molecule has 0 radical (unpaired) electrons. The number of unbranched alkanes of at least 4 members (excludes halogenated alkanes) is 3. The molecule has 2 heterocycles. The summed E-state index contributed by atoms with van der Waals surface area (Å²) in [6, 6.07) is 28.2. The van der Waals surface area contributed by atoms with Gasteiger partial charge < -0.3 is 9.47 Å². The molecule has 8 heteroatoms. The highest BCUT2D eigenvalue weighted by Crippen LogP contribution is 2.19. The third kappa shape index (κ3) is 8.89. The smallest absolute Gasteiger partial charge is 0.225 e. The summed E-state index contributed by atoms with van der Waals surface area (Å²) in [5, 5.41) is 13.0. The molecule has 0 atom stereocenters. The number of aromatic nitrogens is 2. The van der Waals surface area contributed by atoms with Crippen molar-refractivity contribution in [1.82, 2.24) is 0 Å². The first-order chi connectivity index (χ1) is 20.6. The van der Waals surface area contributed by atoms with E-state index < -0.39 is 0 Å². The molecule has 42 heavy (non-hydrogen) atoms. The van der Waals surface area contributed by atoms with E-state index in [1.54, 1.807) is 14.2 Å². The Labute approximate surface area is 249 Å². The maximum absolute atomic E-state index is 5.25. The average Bonchev–Trinajstić information content (AvgIpc) is 3.05. The Balaban J connectivity index is 1.23. The van der Waals surface area contributed by atoms with Gasteiger partial charge in [-0.2, -0.15) is 19.3 Å². The van der Waals surface area contributed by atoms with Gasteiger partial charge in [0.05, 0.1) is 25.6 Å². The number of pyridine rings is 2. The molecule has 0 aliphatic heterocycles. The Hall–Kier alpha value is -4.72. The monoisotopic (exact) mass is 566 g/mol. The average molecular weight is 567 g/mol. The van der Waals surface area contributed by atoms with E-state index >= 15 is 0 Å². The zero-order valence-corrected chi connectivity index (χ0v) is 25.1. The topological polar surface area (TPSA) is 57.4 Å². The summed E-state index contributed by atoms with van der Waals surface area (Å²) >= 11 is 0. The van der Waals surface area contributed by atoms with Crippen molar-refractivity contribution in [3.05, 3.63) is 109 Å². The second-order valence-electron chi connectivity index (χ2n) is 9.98. The summed E-state index contributed by atoms with van der Waals surface area (Å²) < 4.78 is 15.0. The summed E-state index contributed by atoms with van der Waals surface area (Å²) in [6.07, 6.45) is 12.7. The van der Waals surface area contributed by atoms with Crippen LogP contribution in [0.4, 0.5) is 11.4 Å². The van der Waals surface area contributed by atoms with Gasteiger partial charge >= 0.3 is 0 Å². The van der Waals surface area contributed by atoms with E-state index in [9.17, 15) is 0 Å². The fourth-order valence-electron chi connectivity index (χ4n) is 4.56. The van der Waals surface area contributed by atoms with Gasteiger partial charge in [-0.05, 0) is 73.5 Å². The molecule has 0 amide bonds. The van der Waals surface area contributed by atoms with E-state index in [4.69, 9.17) is 9.47 Å². The molecule has 0 fully saturated rings. The molecule has 0 N–H and O–H groups in total. The molecule has 2 aromatic heterocycles. The fraction of sp³-hybridized carbons (Fsp3) is 0.294. The normalized spacial score (nSPS) is 11.2. The van der Waals surface area contributed by atoms with Gasteiger partial charge in [-0.3, -0.25) is 10.0 Å². The van der Waals surface area contributed by atoms with Crippen molar-refractivity contribution in [3.63, 3.8) is 0 Å². The van der Waals surface area contributed by atoms with Gasteiger partial charge in [0, 0.05) is 51.2 Å². The van der Waals surface area contributed by atoms with Crippen LogP contribution in [0.25, 0.3) is 0 Å². The van der Waals surface area contributed by atoms with E-state index in [0.29, 0.717) is 0 Å². The van der Waals surface area contributed by atoms with Gasteiger partial charge in [0.25, 0.3) is 0 Å². The first kappa shape index (κ1) is 30.2. The van der Waals surface area contributed by atoms with Crippen molar-refractivity contribution in [2.45, 2.75) is 38.8 Å². The lowest BCUT2D eigenvalue weighted by Gasteiger charge is -2.13. The molecular formula is C34H42N6O2+2. The molecule has 0 spiro atoms. The Kier molecular flexibility index (Phi) is 11.5. The van der Waals surface area contributed by atoms with Crippen LogP contribution in [0.1, 0.15) is 37.1 Å². The first-order valence-corrected chi connectivity index (χ1v) is 14.4. The van der Waals surface area contributed by atoms with Gasteiger partial charge in [0.2, 0.25) is 11.4 Å². The van der Waals surface area contributed by atoms with E-state index in [1.165, 1.54) is 12.8 Å².